The topological polar surface area (TPSA) is 66.8 Å². The summed E-state index contributed by atoms with van der Waals surface area (Å²) in [5.41, 5.74) is 3.73. The summed E-state index contributed by atoms with van der Waals surface area (Å²) >= 11 is 0. The zero-order valence-electron chi connectivity index (χ0n) is 15.7. The third-order valence-electron chi connectivity index (χ3n) is 4.94. The van der Waals surface area contributed by atoms with Gasteiger partial charge in [-0.15, -0.1) is 0 Å². The molecule has 2 N–H and O–H groups in total. The molecule has 29 heavy (non-hydrogen) atoms. The molecule has 0 aliphatic heterocycles. The van der Waals surface area contributed by atoms with E-state index in [9.17, 15) is 15.0 Å². The zero-order valence-corrected chi connectivity index (χ0v) is 15.7. The van der Waals surface area contributed by atoms with Crippen molar-refractivity contribution in [2.45, 2.75) is 13.2 Å². The molecule has 144 valence electrons. The Balaban J connectivity index is 1.66. The van der Waals surface area contributed by atoms with Crippen molar-refractivity contribution in [3.05, 3.63) is 102 Å². The molecule has 0 spiro atoms. The van der Waals surface area contributed by atoms with Gasteiger partial charge in [-0.25, -0.2) is 4.79 Å². The number of fused-ring (bicyclic) bond motifs is 1. The van der Waals surface area contributed by atoms with Crippen LogP contribution in [-0.4, -0.2) is 16.2 Å². The molecule has 0 saturated carbocycles. The lowest BCUT2D eigenvalue weighted by atomic mass is 10.0. The molecule has 4 heteroatoms. The second-order valence-electron chi connectivity index (χ2n) is 6.80. The van der Waals surface area contributed by atoms with Gasteiger partial charge in [-0.1, -0.05) is 72.8 Å². The van der Waals surface area contributed by atoms with Crippen molar-refractivity contribution in [3.63, 3.8) is 0 Å². The van der Waals surface area contributed by atoms with Crippen LogP contribution >= 0.6 is 0 Å². The van der Waals surface area contributed by atoms with Gasteiger partial charge in [0.25, 0.3) is 0 Å². The molecule has 0 aliphatic carbocycles. The first-order valence-corrected chi connectivity index (χ1v) is 9.32. The van der Waals surface area contributed by atoms with Crippen LogP contribution < -0.4 is 4.74 Å². The molecule has 0 amide bonds. The van der Waals surface area contributed by atoms with Crippen LogP contribution in [0.2, 0.25) is 0 Å². The van der Waals surface area contributed by atoms with Crippen molar-refractivity contribution in [1.29, 1.82) is 0 Å². The molecule has 4 nitrogen and oxygen atoms in total. The maximum absolute atomic E-state index is 11.7. The second kappa shape index (κ2) is 8.17. The zero-order chi connectivity index (χ0) is 20.2. The van der Waals surface area contributed by atoms with E-state index in [1.807, 2.05) is 66.7 Å². The van der Waals surface area contributed by atoms with Crippen LogP contribution in [0.15, 0.2) is 84.9 Å². The highest BCUT2D eigenvalue weighted by Crippen LogP contribution is 2.29. The van der Waals surface area contributed by atoms with Gasteiger partial charge in [-0.2, -0.15) is 0 Å². The highest BCUT2D eigenvalue weighted by molar-refractivity contribution is 5.92. The van der Waals surface area contributed by atoms with Gasteiger partial charge in [0.2, 0.25) is 0 Å². The number of carboxylic acids is 1. The fraction of sp³-hybridized carbons (Fsp3) is 0.0800. The Morgan fingerprint density at radius 3 is 2.31 bits per heavy atom. The molecule has 0 heterocycles. The van der Waals surface area contributed by atoms with E-state index in [-0.39, 0.29) is 18.8 Å². The molecule has 0 fully saturated rings. The van der Waals surface area contributed by atoms with Gasteiger partial charge in [-0.3, -0.25) is 0 Å². The summed E-state index contributed by atoms with van der Waals surface area (Å²) < 4.78 is 5.98. The average molecular weight is 384 g/mol. The van der Waals surface area contributed by atoms with Gasteiger partial charge in [0.05, 0.1) is 6.61 Å². The van der Waals surface area contributed by atoms with Crippen LogP contribution in [0.4, 0.5) is 0 Å². The number of aromatic carboxylic acids is 1. The molecule has 0 saturated heterocycles. The summed E-state index contributed by atoms with van der Waals surface area (Å²) in [5.74, 6) is -0.700. The number of rotatable bonds is 6. The average Bonchev–Trinajstić information content (AvgIpc) is 2.77. The molecule has 0 unspecified atom stereocenters. The lowest BCUT2D eigenvalue weighted by molar-refractivity contribution is 0.0692. The first-order valence-electron chi connectivity index (χ1n) is 9.32. The fourth-order valence-electron chi connectivity index (χ4n) is 3.37. The van der Waals surface area contributed by atoms with E-state index in [1.54, 1.807) is 18.2 Å². The number of ether oxygens (including phenoxy) is 1. The Kier molecular flexibility index (Phi) is 5.27. The third-order valence-corrected chi connectivity index (χ3v) is 4.94. The van der Waals surface area contributed by atoms with Crippen LogP contribution in [0.3, 0.4) is 0 Å². The van der Waals surface area contributed by atoms with Crippen LogP contribution in [0.5, 0.6) is 5.75 Å². The summed E-state index contributed by atoms with van der Waals surface area (Å²) in [7, 11) is 0. The summed E-state index contributed by atoms with van der Waals surface area (Å²) in [5, 5.41) is 21.0. The van der Waals surface area contributed by atoms with Crippen molar-refractivity contribution in [1.82, 2.24) is 0 Å². The number of carboxylic acid groups (broad SMARTS) is 1. The molecular weight excluding hydrogens is 364 g/mol. The first kappa shape index (κ1) is 18.7. The second-order valence-corrected chi connectivity index (χ2v) is 6.80. The van der Waals surface area contributed by atoms with Gasteiger partial charge in [-0.05, 0) is 45.2 Å². The van der Waals surface area contributed by atoms with E-state index in [4.69, 9.17) is 4.74 Å². The number of hydrogen-bond acceptors (Lipinski definition) is 3. The van der Waals surface area contributed by atoms with E-state index >= 15 is 0 Å². The smallest absolute Gasteiger partial charge is 0.339 e. The van der Waals surface area contributed by atoms with Crippen LogP contribution in [-0.2, 0) is 13.2 Å². The Bertz CT molecular complexity index is 1160. The van der Waals surface area contributed by atoms with Crippen LogP contribution in [0.1, 0.15) is 21.5 Å². The summed E-state index contributed by atoms with van der Waals surface area (Å²) in [6, 6.07) is 26.6. The van der Waals surface area contributed by atoms with Crippen molar-refractivity contribution in [2.75, 3.05) is 0 Å². The summed E-state index contributed by atoms with van der Waals surface area (Å²) in [4.78, 5) is 11.7. The van der Waals surface area contributed by atoms with Crippen LogP contribution in [0.25, 0.3) is 21.9 Å². The normalized spacial score (nSPS) is 10.8. The van der Waals surface area contributed by atoms with Gasteiger partial charge in [0, 0.05) is 0 Å². The Morgan fingerprint density at radius 2 is 1.55 bits per heavy atom. The van der Waals surface area contributed by atoms with E-state index in [2.05, 4.69) is 0 Å². The van der Waals surface area contributed by atoms with E-state index in [0.29, 0.717) is 5.75 Å². The fourth-order valence-corrected chi connectivity index (χ4v) is 3.37. The lowest BCUT2D eigenvalue weighted by Gasteiger charge is -2.13. The number of aliphatic hydroxyl groups is 1. The highest BCUT2D eigenvalue weighted by Gasteiger charge is 2.14. The number of benzene rings is 4. The van der Waals surface area contributed by atoms with Crippen LogP contribution in [0, 0.1) is 0 Å². The van der Waals surface area contributed by atoms with E-state index < -0.39 is 5.97 Å². The Labute approximate surface area is 168 Å². The lowest BCUT2D eigenvalue weighted by Crippen LogP contribution is -2.04. The molecule has 0 atom stereocenters. The van der Waals surface area contributed by atoms with E-state index in [0.717, 1.165) is 33.0 Å². The van der Waals surface area contributed by atoms with E-state index in [1.165, 1.54) is 0 Å². The largest absolute Gasteiger partial charge is 0.488 e. The minimum absolute atomic E-state index is 0.0162. The molecular formula is C25H20O4. The van der Waals surface area contributed by atoms with Gasteiger partial charge >= 0.3 is 5.97 Å². The van der Waals surface area contributed by atoms with Gasteiger partial charge < -0.3 is 14.9 Å². The highest BCUT2D eigenvalue weighted by atomic mass is 16.5. The molecule has 0 radical (unpaired) electrons. The summed E-state index contributed by atoms with van der Waals surface area (Å²) in [6.07, 6.45) is 0. The standard InChI is InChI=1S/C25H20O4/c26-15-17-8-10-18(11-9-17)20-12-13-23(25(27)28)24(14-20)29-16-21-6-3-5-19-4-1-2-7-22(19)21/h1-14,26H,15-16H2,(H,27,28). The molecule has 4 rings (SSSR count). The molecule has 4 aromatic rings. The molecule has 0 bridgehead atoms. The van der Waals surface area contributed by atoms with Crippen molar-refractivity contribution in [3.8, 4) is 16.9 Å². The molecule has 0 aliphatic rings. The minimum atomic E-state index is -1.03. The number of aliphatic hydroxyl groups excluding tert-OH is 1. The summed E-state index contributed by atoms with van der Waals surface area (Å²) in [6.45, 7) is 0.256. The predicted molar refractivity (Wildman–Crippen MR) is 113 cm³/mol. The maximum Gasteiger partial charge on any atom is 0.339 e. The maximum atomic E-state index is 11.7. The monoisotopic (exact) mass is 384 g/mol. The minimum Gasteiger partial charge on any atom is -0.488 e. The SMILES string of the molecule is O=C(O)c1ccc(-c2ccc(CO)cc2)cc1OCc1cccc2ccccc12. The molecule has 4 aromatic carbocycles. The van der Waals surface area contributed by atoms with Gasteiger partial charge in [0.15, 0.2) is 0 Å². The first-order chi connectivity index (χ1) is 14.2. The number of hydrogen-bond donors (Lipinski definition) is 2. The van der Waals surface area contributed by atoms with Crippen molar-refractivity contribution < 1.29 is 19.7 Å². The Hall–Kier alpha value is -3.63. The van der Waals surface area contributed by atoms with Crippen molar-refractivity contribution >= 4 is 16.7 Å². The quantitative estimate of drug-likeness (QED) is 0.475. The number of carbonyl (C=O) groups is 1. The third kappa shape index (κ3) is 3.98. The molecule has 0 aromatic heterocycles. The van der Waals surface area contributed by atoms with Crippen molar-refractivity contribution in [2.24, 2.45) is 0 Å². The predicted octanol–water partition coefficient (Wildman–Crippen LogP) is 5.28. The van der Waals surface area contributed by atoms with Gasteiger partial charge in [0.1, 0.15) is 17.9 Å². The Morgan fingerprint density at radius 1 is 0.828 bits per heavy atom.